The van der Waals surface area contributed by atoms with Gasteiger partial charge in [-0.3, -0.25) is 14.4 Å². The van der Waals surface area contributed by atoms with E-state index in [2.05, 4.69) is 21.2 Å². The Hall–Kier alpha value is -3.88. The Balaban J connectivity index is 1.58. The number of carbonyl (C=O) groups is 3. The molecule has 9 heteroatoms. The van der Waals surface area contributed by atoms with Gasteiger partial charge in [-0.05, 0) is 55.7 Å². The van der Waals surface area contributed by atoms with E-state index < -0.39 is 11.8 Å². The van der Waals surface area contributed by atoms with E-state index in [0.29, 0.717) is 17.7 Å². The van der Waals surface area contributed by atoms with Crippen molar-refractivity contribution in [3.8, 4) is 11.5 Å². The Kier molecular flexibility index (Phi) is 8.40. The maximum atomic E-state index is 12.7. The predicted octanol–water partition coefficient (Wildman–Crippen LogP) is 2.94. The van der Waals surface area contributed by atoms with Gasteiger partial charge in [-0.15, -0.1) is 0 Å². The van der Waals surface area contributed by atoms with Gasteiger partial charge in [0.05, 0.1) is 24.1 Å². The molecule has 174 valence electrons. The fourth-order valence-electron chi connectivity index (χ4n) is 3.58. The fourth-order valence-corrected chi connectivity index (χ4v) is 3.58. The van der Waals surface area contributed by atoms with E-state index in [0.717, 1.165) is 25.7 Å². The lowest BCUT2D eigenvalue weighted by atomic mass is 9.95. The number of hydrazone groups is 1. The number of para-hydroxylation sites is 1. The molecule has 0 aliphatic heterocycles. The van der Waals surface area contributed by atoms with Gasteiger partial charge in [0.25, 0.3) is 5.91 Å². The number of hydrogen-bond acceptors (Lipinski definition) is 6. The number of carbonyl (C=O) groups excluding carboxylic acids is 3. The molecule has 0 unspecified atom stereocenters. The highest BCUT2D eigenvalue weighted by Crippen LogP contribution is 2.26. The SMILES string of the molecule is CCOc1cc(/C=N/NC(=O)C(=O)Nc2ccccc2C(=O)NC2CCCCC2)ccc1O. The molecule has 0 heterocycles. The first-order valence-electron chi connectivity index (χ1n) is 11.0. The smallest absolute Gasteiger partial charge is 0.329 e. The number of amides is 3. The van der Waals surface area contributed by atoms with Crippen molar-refractivity contribution in [1.29, 1.82) is 0 Å². The molecule has 1 saturated carbocycles. The van der Waals surface area contributed by atoms with Crippen LogP contribution >= 0.6 is 0 Å². The second kappa shape index (κ2) is 11.7. The summed E-state index contributed by atoms with van der Waals surface area (Å²) in [6, 6.07) is 11.2. The lowest BCUT2D eigenvalue weighted by molar-refractivity contribution is -0.136. The van der Waals surface area contributed by atoms with Crippen LogP contribution in [-0.2, 0) is 9.59 Å². The van der Waals surface area contributed by atoms with Crippen molar-refractivity contribution in [1.82, 2.24) is 10.7 Å². The van der Waals surface area contributed by atoms with E-state index in [4.69, 9.17) is 4.74 Å². The van der Waals surface area contributed by atoms with Crippen LogP contribution in [0.3, 0.4) is 0 Å². The summed E-state index contributed by atoms with van der Waals surface area (Å²) in [6.07, 6.45) is 6.54. The van der Waals surface area contributed by atoms with Crippen LogP contribution < -0.4 is 20.8 Å². The van der Waals surface area contributed by atoms with Crippen LogP contribution in [0, 0.1) is 0 Å². The molecule has 0 spiro atoms. The third-order valence-corrected chi connectivity index (χ3v) is 5.23. The summed E-state index contributed by atoms with van der Waals surface area (Å²) < 4.78 is 5.29. The third-order valence-electron chi connectivity index (χ3n) is 5.23. The third kappa shape index (κ3) is 6.80. The van der Waals surface area contributed by atoms with Crippen LogP contribution in [-0.4, -0.2) is 41.7 Å². The van der Waals surface area contributed by atoms with Gasteiger partial charge in [0.1, 0.15) is 0 Å². The Morgan fingerprint density at radius 1 is 1.09 bits per heavy atom. The summed E-state index contributed by atoms with van der Waals surface area (Å²) in [5.41, 5.74) is 3.24. The van der Waals surface area contributed by atoms with Crippen molar-refractivity contribution in [2.45, 2.75) is 45.1 Å². The molecule has 0 saturated heterocycles. The maximum Gasteiger partial charge on any atom is 0.329 e. The van der Waals surface area contributed by atoms with Gasteiger partial charge >= 0.3 is 11.8 Å². The van der Waals surface area contributed by atoms with Gasteiger partial charge < -0.3 is 20.5 Å². The lowest BCUT2D eigenvalue weighted by Crippen LogP contribution is -2.37. The summed E-state index contributed by atoms with van der Waals surface area (Å²) in [4.78, 5) is 37.2. The fraction of sp³-hybridized carbons (Fsp3) is 0.333. The van der Waals surface area contributed by atoms with Crippen molar-refractivity contribution in [2.24, 2.45) is 5.10 Å². The molecular weight excluding hydrogens is 424 g/mol. The monoisotopic (exact) mass is 452 g/mol. The molecular formula is C24H28N4O5. The number of rotatable bonds is 7. The summed E-state index contributed by atoms with van der Waals surface area (Å²) in [5.74, 6) is -1.95. The minimum absolute atomic E-state index is 0.0106. The van der Waals surface area contributed by atoms with E-state index in [1.54, 1.807) is 43.3 Å². The molecule has 0 atom stereocenters. The highest BCUT2D eigenvalue weighted by atomic mass is 16.5. The first-order valence-corrected chi connectivity index (χ1v) is 11.0. The highest BCUT2D eigenvalue weighted by molar-refractivity contribution is 6.40. The van der Waals surface area contributed by atoms with Gasteiger partial charge in [-0.25, -0.2) is 5.43 Å². The second-order valence-corrected chi connectivity index (χ2v) is 7.67. The highest BCUT2D eigenvalue weighted by Gasteiger charge is 2.20. The zero-order valence-electron chi connectivity index (χ0n) is 18.5. The topological polar surface area (TPSA) is 129 Å². The minimum Gasteiger partial charge on any atom is -0.504 e. The second-order valence-electron chi connectivity index (χ2n) is 7.67. The van der Waals surface area contributed by atoms with E-state index >= 15 is 0 Å². The molecule has 0 radical (unpaired) electrons. The number of phenolic OH excluding ortho intramolecular Hbond substituents is 1. The van der Waals surface area contributed by atoms with Crippen LogP contribution in [0.4, 0.5) is 5.69 Å². The molecule has 1 aliphatic carbocycles. The number of anilines is 1. The van der Waals surface area contributed by atoms with Crippen molar-refractivity contribution < 1.29 is 24.2 Å². The van der Waals surface area contributed by atoms with Crippen molar-refractivity contribution >= 4 is 29.6 Å². The van der Waals surface area contributed by atoms with Crippen molar-refractivity contribution in [2.75, 3.05) is 11.9 Å². The molecule has 0 aromatic heterocycles. The predicted molar refractivity (Wildman–Crippen MR) is 124 cm³/mol. The summed E-state index contributed by atoms with van der Waals surface area (Å²) >= 11 is 0. The first kappa shape index (κ1) is 23.8. The molecule has 0 bridgehead atoms. The average Bonchev–Trinajstić information content (AvgIpc) is 2.82. The normalized spacial score (nSPS) is 14.0. The average molecular weight is 453 g/mol. The minimum atomic E-state index is -0.988. The molecule has 2 aromatic rings. The van der Waals surface area contributed by atoms with E-state index in [1.165, 1.54) is 18.7 Å². The quantitative estimate of drug-likeness (QED) is 0.292. The molecule has 1 fully saturated rings. The van der Waals surface area contributed by atoms with Crippen LogP contribution in [0.1, 0.15) is 54.9 Å². The molecule has 1 aliphatic rings. The molecule has 9 nitrogen and oxygen atoms in total. The summed E-state index contributed by atoms with van der Waals surface area (Å²) in [5, 5.41) is 19.0. The standard InChI is InChI=1S/C24H28N4O5/c1-2-33-21-14-16(12-13-20(21)29)15-25-28-24(32)23(31)27-19-11-7-6-10-18(19)22(30)26-17-8-4-3-5-9-17/h6-7,10-15,17,29H,2-5,8-9H2,1H3,(H,26,30)(H,27,31)(H,28,32)/b25-15+. The van der Waals surface area contributed by atoms with E-state index in [-0.39, 0.29) is 29.1 Å². The Labute approximate surface area is 192 Å². The van der Waals surface area contributed by atoms with Crippen molar-refractivity contribution in [3.05, 3.63) is 53.6 Å². The number of benzene rings is 2. The zero-order valence-corrected chi connectivity index (χ0v) is 18.5. The summed E-state index contributed by atoms with van der Waals surface area (Å²) in [7, 11) is 0. The van der Waals surface area contributed by atoms with E-state index in [9.17, 15) is 19.5 Å². The number of nitrogens with zero attached hydrogens (tertiary/aromatic N) is 1. The van der Waals surface area contributed by atoms with Gasteiger partial charge in [0.2, 0.25) is 0 Å². The molecule has 3 amide bonds. The van der Waals surface area contributed by atoms with Gasteiger partial charge in [0.15, 0.2) is 11.5 Å². The van der Waals surface area contributed by atoms with Gasteiger partial charge in [0, 0.05) is 6.04 Å². The number of phenols is 1. The van der Waals surface area contributed by atoms with Gasteiger partial charge in [-0.2, -0.15) is 5.10 Å². The largest absolute Gasteiger partial charge is 0.504 e. The molecule has 4 N–H and O–H groups in total. The number of aromatic hydroxyl groups is 1. The zero-order chi connectivity index (χ0) is 23.6. The van der Waals surface area contributed by atoms with Crippen LogP contribution in [0.2, 0.25) is 0 Å². The Morgan fingerprint density at radius 2 is 1.85 bits per heavy atom. The van der Waals surface area contributed by atoms with Crippen molar-refractivity contribution in [3.63, 3.8) is 0 Å². The van der Waals surface area contributed by atoms with Crippen LogP contribution in [0.15, 0.2) is 47.6 Å². The Bertz CT molecular complexity index is 1030. The van der Waals surface area contributed by atoms with E-state index in [1.807, 2.05) is 0 Å². The van der Waals surface area contributed by atoms with Gasteiger partial charge in [-0.1, -0.05) is 31.4 Å². The summed E-state index contributed by atoms with van der Waals surface area (Å²) in [6.45, 7) is 2.17. The first-order chi connectivity index (χ1) is 16.0. The van der Waals surface area contributed by atoms with Crippen LogP contribution in [0.25, 0.3) is 0 Å². The molecule has 2 aromatic carbocycles. The number of nitrogens with one attached hydrogen (secondary N) is 3. The van der Waals surface area contributed by atoms with Crippen LogP contribution in [0.5, 0.6) is 11.5 Å². The lowest BCUT2D eigenvalue weighted by Gasteiger charge is -2.23. The molecule has 33 heavy (non-hydrogen) atoms. The maximum absolute atomic E-state index is 12.7. The number of ether oxygens (including phenoxy) is 1. The Morgan fingerprint density at radius 3 is 2.61 bits per heavy atom. The number of hydrogen-bond donors (Lipinski definition) is 4. The molecule has 3 rings (SSSR count).